The first-order chi connectivity index (χ1) is 15.4. The largest absolute Gasteiger partial charge is 0.389 e. The predicted octanol–water partition coefficient (Wildman–Crippen LogP) is 1.99. The Labute approximate surface area is 192 Å². The highest BCUT2D eigenvalue weighted by atomic mass is 32.2. The first-order valence-corrected chi connectivity index (χ1v) is 12.0. The van der Waals surface area contributed by atoms with Gasteiger partial charge in [0.15, 0.2) is 22.1 Å². The van der Waals surface area contributed by atoms with Crippen molar-refractivity contribution < 1.29 is 23.0 Å². The zero-order chi connectivity index (χ0) is 22.9. The summed E-state index contributed by atoms with van der Waals surface area (Å²) < 4.78 is 33.9. The average Bonchev–Trinajstić information content (AvgIpc) is 3.43. The molecule has 0 bridgehead atoms. The molecule has 1 amide bonds. The van der Waals surface area contributed by atoms with Gasteiger partial charge in [0.05, 0.1) is 24.3 Å². The molecule has 32 heavy (non-hydrogen) atoms. The number of hydrogen-bond donors (Lipinski definition) is 2. The molecule has 1 saturated heterocycles. The fourth-order valence-electron chi connectivity index (χ4n) is 2.80. The molecule has 2 N–H and O–H groups in total. The van der Waals surface area contributed by atoms with Gasteiger partial charge in [-0.1, -0.05) is 28.6 Å². The second kappa shape index (κ2) is 12.1. The molecule has 0 radical (unpaired) electrons. The maximum Gasteiger partial charge on any atom is 0.280 e. The summed E-state index contributed by atoms with van der Waals surface area (Å²) >= 11 is 0.712. The summed E-state index contributed by atoms with van der Waals surface area (Å²) in [6, 6.07) is 6.61. The summed E-state index contributed by atoms with van der Waals surface area (Å²) in [4.78, 5) is 24.7. The van der Waals surface area contributed by atoms with E-state index < -0.39 is 22.0 Å². The highest BCUT2D eigenvalue weighted by Gasteiger charge is 2.21. The summed E-state index contributed by atoms with van der Waals surface area (Å²) in [5, 5.41) is 6.17. The van der Waals surface area contributed by atoms with Gasteiger partial charge in [0.2, 0.25) is 0 Å². The molecule has 2 heterocycles. The molecule has 0 spiro atoms. The van der Waals surface area contributed by atoms with Gasteiger partial charge in [-0.2, -0.15) is 4.39 Å². The van der Waals surface area contributed by atoms with Crippen molar-refractivity contribution in [3.63, 3.8) is 0 Å². The molecule has 1 aliphatic rings. The Kier molecular flexibility index (Phi) is 9.23. The van der Waals surface area contributed by atoms with E-state index in [4.69, 9.17) is 9.57 Å². The number of amides is 1. The summed E-state index contributed by atoms with van der Waals surface area (Å²) in [5.74, 6) is -0.589. The van der Waals surface area contributed by atoms with Crippen LogP contribution in [0.25, 0.3) is 0 Å². The maximum absolute atomic E-state index is 13.2. The Morgan fingerprint density at radius 1 is 1.41 bits per heavy atom. The number of hydrogen-bond acceptors (Lipinski definition) is 8. The van der Waals surface area contributed by atoms with E-state index in [0.29, 0.717) is 48.0 Å². The smallest absolute Gasteiger partial charge is 0.280 e. The molecule has 2 aromatic rings. The third kappa shape index (κ3) is 7.41. The Hall–Kier alpha value is -2.25. The highest BCUT2D eigenvalue weighted by molar-refractivity contribution is 7.83. The van der Waals surface area contributed by atoms with Crippen LogP contribution in [0.15, 0.2) is 40.5 Å². The van der Waals surface area contributed by atoms with Gasteiger partial charge >= 0.3 is 0 Å². The van der Waals surface area contributed by atoms with E-state index in [1.807, 2.05) is 14.1 Å². The number of thiazole rings is 1. The Balaban J connectivity index is 1.69. The van der Waals surface area contributed by atoms with Crippen molar-refractivity contribution in [2.45, 2.75) is 23.8 Å². The van der Waals surface area contributed by atoms with Gasteiger partial charge < -0.3 is 14.5 Å². The summed E-state index contributed by atoms with van der Waals surface area (Å²) in [6.07, 6.45) is 2.33. The number of carbonyl (C=O) groups excluding carboxylic acids is 1. The van der Waals surface area contributed by atoms with Crippen LogP contribution in [0.4, 0.5) is 9.52 Å². The molecule has 2 atom stereocenters. The van der Waals surface area contributed by atoms with Crippen LogP contribution in [-0.4, -0.2) is 72.2 Å². The number of carbonyl (C=O) groups is 1. The molecular weight excluding hydrogens is 457 g/mol. The minimum absolute atomic E-state index is 0.00350. The zero-order valence-electron chi connectivity index (χ0n) is 17.9. The third-order valence-electron chi connectivity index (χ3n) is 4.45. The van der Waals surface area contributed by atoms with Crippen LogP contribution in [0.1, 0.15) is 18.4 Å². The van der Waals surface area contributed by atoms with Gasteiger partial charge in [0, 0.05) is 18.5 Å². The lowest BCUT2D eigenvalue weighted by Crippen LogP contribution is -2.25. The number of aromatic nitrogens is 1. The summed E-state index contributed by atoms with van der Waals surface area (Å²) in [7, 11) is 2.60. The quantitative estimate of drug-likeness (QED) is 0.288. The number of ether oxygens (including phenoxy) is 1. The summed E-state index contributed by atoms with van der Waals surface area (Å²) in [6.45, 7) is 2.48. The minimum atomic E-state index is -1.37. The van der Waals surface area contributed by atoms with Crippen LogP contribution in [0, 0.1) is 5.13 Å². The van der Waals surface area contributed by atoms with Crippen LogP contribution in [0.2, 0.25) is 0 Å². The van der Waals surface area contributed by atoms with Crippen LogP contribution >= 0.6 is 11.3 Å². The zero-order valence-corrected chi connectivity index (χ0v) is 19.5. The van der Waals surface area contributed by atoms with Crippen LogP contribution in [0.3, 0.4) is 0 Å². The number of oxime groups is 1. The predicted molar refractivity (Wildman–Crippen MR) is 122 cm³/mol. The van der Waals surface area contributed by atoms with E-state index in [1.54, 1.807) is 24.3 Å². The van der Waals surface area contributed by atoms with Crippen LogP contribution in [0.5, 0.6) is 0 Å². The lowest BCUT2D eigenvalue weighted by Gasteiger charge is -2.11. The standard InChI is InChI=1S/C20H26FN5O4S2/c1-26(2)10-3-9-23-32(28)16-6-4-14(5-7-16)18(25-30-15-8-11-29-13-15)19(27)24-20-22-12-17(21)31-20/h4-7,12,15,23H,3,8-11,13H2,1-2H3,(H,22,24,27)/b25-18+/t15-,32?/m1/s1. The van der Waals surface area contributed by atoms with Crippen LogP contribution in [-0.2, 0) is 25.4 Å². The van der Waals surface area contributed by atoms with E-state index in [0.717, 1.165) is 19.2 Å². The number of nitrogens with zero attached hydrogens (tertiary/aromatic N) is 3. The number of rotatable bonds is 11. The topological polar surface area (TPSA) is 105 Å². The second-order valence-corrected chi connectivity index (χ2v) is 9.58. The monoisotopic (exact) mass is 483 g/mol. The highest BCUT2D eigenvalue weighted by Crippen LogP contribution is 2.17. The van der Waals surface area contributed by atoms with Crippen molar-refractivity contribution in [1.82, 2.24) is 14.6 Å². The third-order valence-corrected chi connectivity index (χ3v) is 6.32. The first kappa shape index (κ1) is 24.4. The minimum Gasteiger partial charge on any atom is -0.389 e. The van der Waals surface area contributed by atoms with Gasteiger partial charge in [0.25, 0.3) is 5.91 Å². The molecule has 1 aliphatic heterocycles. The van der Waals surface area contributed by atoms with Crippen molar-refractivity contribution in [3.8, 4) is 0 Å². The molecule has 3 rings (SSSR count). The average molecular weight is 484 g/mol. The van der Waals surface area contributed by atoms with Crippen molar-refractivity contribution in [3.05, 3.63) is 41.2 Å². The number of anilines is 1. The lowest BCUT2D eigenvalue weighted by atomic mass is 10.1. The first-order valence-electron chi connectivity index (χ1n) is 10.1. The molecule has 12 heteroatoms. The Bertz CT molecular complexity index is 946. The van der Waals surface area contributed by atoms with E-state index in [9.17, 15) is 13.4 Å². The van der Waals surface area contributed by atoms with Crippen molar-refractivity contribution in [1.29, 1.82) is 0 Å². The van der Waals surface area contributed by atoms with E-state index in [1.165, 1.54) is 0 Å². The normalized spacial score (nSPS) is 17.5. The van der Waals surface area contributed by atoms with Gasteiger partial charge in [0.1, 0.15) is 11.0 Å². The SMILES string of the molecule is CN(C)CCCNS(=O)c1ccc(/C(=N\O[C@@H]2CCOC2)C(=O)Nc2ncc(F)s2)cc1. The number of benzene rings is 1. The lowest BCUT2D eigenvalue weighted by molar-refractivity contribution is -0.110. The molecule has 1 unspecified atom stereocenters. The van der Waals surface area contributed by atoms with Crippen LogP contribution < -0.4 is 10.0 Å². The Morgan fingerprint density at radius 3 is 2.81 bits per heavy atom. The maximum atomic E-state index is 13.2. The molecule has 9 nitrogen and oxygen atoms in total. The Morgan fingerprint density at radius 2 is 2.19 bits per heavy atom. The van der Waals surface area contributed by atoms with Gasteiger partial charge in [-0.25, -0.2) is 13.9 Å². The van der Waals surface area contributed by atoms with E-state index >= 15 is 0 Å². The number of halogens is 1. The molecule has 0 saturated carbocycles. The van der Waals surface area contributed by atoms with Gasteiger partial charge in [-0.15, -0.1) is 0 Å². The van der Waals surface area contributed by atoms with Gasteiger partial charge in [-0.05, 0) is 39.2 Å². The fraction of sp³-hybridized carbons (Fsp3) is 0.450. The molecule has 0 aliphatic carbocycles. The molecule has 1 aromatic heterocycles. The van der Waals surface area contributed by atoms with Crippen molar-refractivity contribution >= 4 is 39.1 Å². The van der Waals surface area contributed by atoms with Gasteiger partial charge in [-0.3, -0.25) is 10.1 Å². The van der Waals surface area contributed by atoms with E-state index in [-0.39, 0.29) is 16.9 Å². The van der Waals surface area contributed by atoms with E-state index in [2.05, 4.69) is 25.1 Å². The summed E-state index contributed by atoms with van der Waals surface area (Å²) in [5.41, 5.74) is 0.468. The molecule has 1 fully saturated rings. The molecular formula is C20H26FN5O4S2. The number of nitrogens with one attached hydrogen (secondary N) is 2. The molecule has 1 aromatic carbocycles. The molecule has 174 valence electrons. The van der Waals surface area contributed by atoms with Crippen molar-refractivity contribution in [2.75, 3.05) is 45.7 Å². The van der Waals surface area contributed by atoms with Crippen molar-refractivity contribution in [2.24, 2.45) is 5.16 Å². The fourth-order valence-corrected chi connectivity index (χ4v) is 4.22. The second-order valence-electron chi connectivity index (χ2n) is 7.30.